The molecule has 0 aliphatic rings. The first kappa shape index (κ1) is 18.7. The number of nitrogens with zero attached hydrogens (tertiary/aromatic N) is 1. The molecule has 0 saturated heterocycles. The Morgan fingerprint density at radius 2 is 1.90 bits per heavy atom. The van der Waals surface area contributed by atoms with Crippen LogP contribution in [-0.4, -0.2) is 18.0 Å². The van der Waals surface area contributed by atoms with Gasteiger partial charge in [0.2, 0.25) is 0 Å². The summed E-state index contributed by atoms with van der Waals surface area (Å²) in [6.45, 7) is 0. The monoisotopic (exact) mass is 434 g/mol. The van der Waals surface area contributed by atoms with Gasteiger partial charge >= 0.3 is 0 Å². The molecule has 0 aliphatic carbocycles. The van der Waals surface area contributed by atoms with Crippen LogP contribution in [0.1, 0.15) is 10.5 Å². The van der Waals surface area contributed by atoms with E-state index in [9.17, 15) is 4.79 Å². The molecular weight excluding hydrogens is 420 g/mol. The van der Waals surface area contributed by atoms with Crippen molar-refractivity contribution in [2.75, 3.05) is 12.4 Å². The lowest BCUT2D eigenvalue weighted by molar-refractivity contribution is 0.102. The summed E-state index contributed by atoms with van der Waals surface area (Å²) >= 11 is 7.31. The number of nitrogens with one attached hydrogen (secondary N) is 1. The number of thiazole rings is 1. The van der Waals surface area contributed by atoms with Crippen LogP contribution in [0.4, 0.5) is 5.69 Å². The van der Waals surface area contributed by atoms with Crippen molar-refractivity contribution in [1.82, 2.24) is 4.98 Å². The third-order valence-corrected chi connectivity index (χ3v) is 5.91. The van der Waals surface area contributed by atoms with Crippen LogP contribution in [-0.2, 0) is 0 Å². The van der Waals surface area contributed by atoms with Crippen molar-refractivity contribution >= 4 is 56.5 Å². The Morgan fingerprint density at radius 1 is 1.10 bits per heavy atom. The summed E-state index contributed by atoms with van der Waals surface area (Å²) < 4.78 is 11.5. The molecule has 0 atom stereocenters. The van der Waals surface area contributed by atoms with Gasteiger partial charge < -0.3 is 14.5 Å². The van der Waals surface area contributed by atoms with Gasteiger partial charge in [-0.05, 0) is 42.5 Å². The summed E-state index contributed by atoms with van der Waals surface area (Å²) in [5.74, 6) is 0.379. The quantitative estimate of drug-likeness (QED) is 0.345. The van der Waals surface area contributed by atoms with Crippen molar-refractivity contribution in [1.29, 1.82) is 0 Å². The number of hydrogen-bond donors (Lipinski definition) is 1. The second kappa shape index (κ2) is 7.48. The zero-order chi connectivity index (χ0) is 20.7. The van der Waals surface area contributed by atoms with Gasteiger partial charge in [-0.1, -0.05) is 29.8 Å². The first-order valence-electron chi connectivity index (χ1n) is 9.15. The lowest BCUT2D eigenvalue weighted by Gasteiger charge is -2.05. The number of hydrogen-bond acceptors (Lipinski definition) is 5. The van der Waals surface area contributed by atoms with Gasteiger partial charge in [-0.3, -0.25) is 4.79 Å². The number of anilines is 1. The molecule has 2 heterocycles. The molecule has 1 N–H and O–H groups in total. The van der Waals surface area contributed by atoms with Crippen LogP contribution in [0.5, 0.6) is 5.75 Å². The molecule has 0 spiro atoms. The second-order valence-electron chi connectivity index (χ2n) is 6.62. The van der Waals surface area contributed by atoms with Crippen molar-refractivity contribution in [2.24, 2.45) is 0 Å². The molecule has 5 rings (SSSR count). The highest BCUT2D eigenvalue weighted by Gasteiger charge is 2.19. The molecule has 148 valence electrons. The number of benzene rings is 3. The summed E-state index contributed by atoms with van der Waals surface area (Å²) in [5.41, 5.74) is 3.34. The lowest BCUT2D eigenvalue weighted by atomic mass is 10.1. The minimum atomic E-state index is -0.276. The summed E-state index contributed by atoms with van der Waals surface area (Å²) in [4.78, 5) is 17.2. The molecule has 5 nitrogen and oxygen atoms in total. The normalized spacial score (nSPS) is 11.1. The fourth-order valence-electron chi connectivity index (χ4n) is 3.37. The SMILES string of the molecule is COc1ccc(-c2nc(C(=O)Nc3ccc(Cl)cc3)cs2)c2c1oc1ccccc12. The van der Waals surface area contributed by atoms with Gasteiger partial charge in [0.1, 0.15) is 16.3 Å². The third-order valence-electron chi connectivity index (χ3n) is 4.78. The summed E-state index contributed by atoms with van der Waals surface area (Å²) in [5, 5.41) is 7.83. The van der Waals surface area contributed by atoms with Gasteiger partial charge in [0.05, 0.1) is 7.11 Å². The predicted octanol–water partition coefficient (Wildman–Crippen LogP) is 6.62. The highest BCUT2D eigenvalue weighted by atomic mass is 35.5. The number of para-hydroxylation sites is 1. The number of carbonyl (C=O) groups excluding carboxylic acids is 1. The van der Waals surface area contributed by atoms with Gasteiger partial charge in [-0.2, -0.15) is 0 Å². The summed E-state index contributed by atoms with van der Waals surface area (Å²) in [6, 6.07) is 18.6. The first-order chi connectivity index (χ1) is 14.6. The summed E-state index contributed by atoms with van der Waals surface area (Å²) in [6.07, 6.45) is 0. The molecule has 0 bridgehead atoms. The fraction of sp³-hybridized carbons (Fsp3) is 0.0435. The van der Waals surface area contributed by atoms with E-state index in [1.54, 1.807) is 36.8 Å². The molecule has 7 heteroatoms. The number of amides is 1. The number of halogens is 1. The largest absolute Gasteiger partial charge is 0.493 e. The van der Waals surface area contributed by atoms with E-state index in [0.717, 1.165) is 26.9 Å². The number of furan rings is 1. The van der Waals surface area contributed by atoms with Gasteiger partial charge in [0.15, 0.2) is 11.3 Å². The van der Waals surface area contributed by atoms with E-state index in [1.807, 2.05) is 36.4 Å². The fourth-order valence-corrected chi connectivity index (χ4v) is 4.33. The van der Waals surface area contributed by atoms with Crippen molar-refractivity contribution in [3.05, 3.63) is 76.8 Å². The zero-order valence-electron chi connectivity index (χ0n) is 15.8. The highest BCUT2D eigenvalue weighted by Crippen LogP contribution is 2.41. The average Bonchev–Trinajstić information content (AvgIpc) is 3.40. The zero-order valence-corrected chi connectivity index (χ0v) is 17.4. The first-order valence-corrected chi connectivity index (χ1v) is 10.4. The van der Waals surface area contributed by atoms with Gasteiger partial charge in [-0.15, -0.1) is 11.3 Å². The number of rotatable bonds is 4. The maximum absolute atomic E-state index is 12.6. The standard InChI is InChI=1S/C23H15ClN2O3S/c1-28-19-11-10-16(20-15-4-2-3-5-18(15)29-21(19)20)23-26-17(12-30-23)22(27)25-14-8-6-13(24)7-9-14/h2-12H,1H3,(H,25,27). The topological polar surface area (TPSA) is 64.4 Å². The lowest BCUT2D eigenvalue weighted by Crippen LogP contribution is -2.12. The van der Waals surface area contributed by atoms with Crippen LogP contribution in [0, 0.1) is 0 Å². The van der Waals surface area contributed by atoms with Crippen LogP contribution in [0.2, 0.25) is 5.02 Å². The molecule has 1 amide bonds. The van der Waals surface area contributed by atoms with Crippen LogP contribution >= 0.6 is 22.9 Å². The Morgan fingerprint density at radius 3 is 2.70 bits per heavy atom. The Bertz CT molecular complexity index is 1390. The highest BCUT2D eigenvalue weighted by molar-refractivity contribution is 7.13. The molecule has 2 aromatic heterocycles. The van der Waals surface area contributed by atoms with E-state index >= 15 is 0 Å². The Kier molecular flexibility index (Phi) is 4.65. The van der Waals surface area contributed by atoms with Crippen molar-refractivity contribution in [3.8, 4) is 16.3 Å². The molecule has 30 heavy (non-hydrogen) atoms. The second-order valence-corrected chi connectivity index (χ2v) is 7.91. The Labute approximate surface area is 180 Å². The molecule has 3 aromatic carbocycles. The predicted molar refractivity (Wildman–Crippen MR) is 121 cm³/mol. The molecule has 0 radical (unpaired) electrons. The number of methoxy groups -OCH3 is 1. The number of fused-ring (bicyclic) bond motifs is 3. The molecule has 0 saturated carbocycles. The van der Waals surface area contributed by atoms with E-state index in [-0.39, 0.29) is 5.91 Å². The van der Waals surface area contributed by atoms with Crippen molar-refractivity contribution in [3.63, 3.8) is 0 Å². The van der Waals surface area contributed by atoms with E-state index < -0.39 is 0 Å². The van der Waals surface area contributed by atoms with Crippen molar-refractivity contribution < 1.29 is 13.9 Å². The summed E-state index contributed by atoms with van der Waals surface area (Å²) in [7, 11) is 1.62. The maximum Gasteiger partial charge on any atom is 0.275 e. The van der Waals surface area contributed by atoms with Gasteiger partial charge in [0, 0.05) is 32.4 Å². The van der Waals surface area contributed by atoms with Crippen LogP contribution < -0.4 is 10.1 Å². The van der Waals surface area contributed by atoms with Gasteiger partial charge in [0.25, 0.3) is 5.91 Å². The van der Waals surface area contributed by atoms with E-state index in [4.69, 9.17) is 20.8 Å². The van der Waals surface area contributed by atoms with E-state index in [2.05, 4.69) is 10.3 Å². The molecule has 5 aromatic rings. The van der Waals surface area contributed by atoms with Crippen LogP contribution in [0.25, 0.3) is 32.5 Å². The minimum absolute atomic E-state index is 0.276. The number of carbonyl (C=O) groups is 1. The van der Waals surface area contributed by atoms with Gasteiger partial charge in [-0.25, -0.2) is 4.98 Å². The number of aromatic nitrogens is 1. The van der Waals surface area contributed by atoms with Crippen LogP contribution in [0.3, 0.4) is 0 Å². The smallest absolute Gasteiger partial charge is 0.275 e. The Balaban J connectivity index is 1.56. The molecular formula is C23H15ClN2O3S. The van der Waals surface area contributed by atoms with Crippen molar-refractivity contribution in [2.45, 2.75) is 0 Å². The van der Waals surface area contributed by atoms with E-state index in [1.165, 1.54) is 11.3 Å². The minimum Gasteiger partial charge on any atom is -0.493 e. The Hall–Kier alpha value is -3.35. The average molecular weight is 435 g/mol. The van der Waals surface area contributed by atoms with E-state index in [0.29, 0.717) is 27.7 Å². The third kappa shape index (κ3) is 3.20. The molecule has 0 unspecified atom stereocenters. The molecule has 0 fully saturated rings. The molecule has 0 aliphatic heterocycles. The maximum atomic E-state index is 12.6. The number of ether oxygens (including phenoxy) is 1. The van der Waals surface area contributed by atoms with Crippen LogP contribution in [0.15, 0.2) is 70.5 Å².